The molecule has 2 N–H and O–H groups in total. The van der Waals surface area contributed by atoms with Gasteiger partial charge >= 0.3 is 5.97 Å². The van der Waals surface area contributed by atoms with Crippen LogP contribution in [0.1, 0.15) is 62.1 Å². The molecule has 0 saturated heterocycles. The van der Waals surface area contributed by atoms with Crippen LogP contribution in [0.2, 0.25) is 0 Å². The Labute approximate surface area is 118 Å². The average Bonchev–Trinajstić information content (AvgIpc) is 2.72. The van der Waals surface area contributed by atoms with Gasteiger partial charge < -0.3 is 10.2 Å². The highest BCUT2D eigenvalue weighted by Gasteiger charge is 2.32. The molecule has 1 aromatic heterocycles. The lowest BCUT2D eigenvalue weighted by molar-refractivity contribution is -0.0154. The smallest absolute Gasteiger partial charge is 0.358 e. The molecule has 112 valence electrons. The molecule has 0 bridgehead atoms. The van der Waals surface area contributed by atoms with Crippen LogP contribution in [-0.4, -0.2) is 36.8 Å². The van der Waals surface area contributed by atoms with E-state index in [4.69, 9.17) is 0 Å². The number of nitrogens with zero attached hydrogens (tertiary/aromatic N) is 3. The van der Waals surface area contributed by atoms with Gasteiger partial charge in [0.25, 0.3) is 0 Å². The summed E-state index contributed by atoms with van der Waals surface area (Å²) in [6.45, 7) is 4.39. The zero-order valence-electron chi connectivity index (χ0n) is 12.2. The molecular weight excluding hydrogens is 258 g/mol. The molecule has 0 amide bonds. The van der Waals surface area contributed by atoms with E-state index in [9.17, 15) is 15.0 Å². The maximum absolute atomic E-state index is 11.2. The molecule has 1 aromatic rings. The number of carboxylic acids is 1. The Morgan fingerprint density at radius 3 is 2.55 bits per heavy atom. The summed E-state index contributed by atoms with van der Waals surface area (Å²) >= 11 is 0. The number of aliphatic hydroxyl groups is 1. The lowest BCUT2D eigenvalue weighted by atomic mass is 9.85. The van der Waals surface area contributed by atoms with Crippen LogP contribution >= 0.6 is 0 Å². The third kappa shape index (κ3) is 3.36. The molecule has 20 heavy (non-hydrogen) atoms. The summed E-state index contributed by atoms with van der Waals surface area (Å²) in [5, 5.41) is 27.5. The van der Waals surface area contributed by atoms with Gasteiger partial charge in [0.1, 0.15) is 0 Å². The summed E-state index contributed by atoms with van der Waals surface area (Å²) in [5.74, 6) is -0.742. The number of aromatic nitrogens is 3. The van der Waals surface area contributed by atoms with Crippen molar-refractivity contribution in [2.75, 3.05) is 0 Å². The zero-order valence-corrected chi connectivity index (χ0v) is 12.2. The first-order valence-electron chi connectivity index (χ1n) is 7.29. The van der Waals surface area contributed by atoms with E-state index in [0.717, 1.165) is 32.1 Å². The van der Waals surface area contributed by atoms with Gasteiger partial charge in [-0.2, -0.15) is 0 Å². The zero-order chi connectivity index (χ0) is 14.8. The Morgan fingerprint density at radius 2 is 2.00 bits per heavy atom. The third-order valence-electron chi connectivity index (χ3n) is 3.87. The molecule has 0 aromatic carbocycles. The van der Waals surface area contributed by atoms with E-state index in [1.54, 1.807) is 4.68 Å². The lowest BCUT2D eigenvalue weighted by Gasteiger charge is -2.32. The second-order valence-electron chi connectivity index (χ2n) is 6.23. The number of hydrogen-bond donors (Lipinski definition) is 2. The van der Waals surface area contributed by atoms with Crippen LogP contribution in [0, 0.1) is 5.92 Å². The molecule has 0 spiro atoms. The van der Waals surface area contributed by atoms with Gasteiger partial charge in [-0.05, 0) is 25.2 Å². The van der Waals surface area contributed by atoms with Crippen molar-refractivity contribution < 1.29 is 15.0 Å². The molecule has 1 heterocycles. The van der Waals surface area contributed by atoms with Crippen LogP contribution in [0.5, 0.6) is 0 Å². The lowest BCUT2D eigenvalue weighted by Crippen LogP contribution is -2.37. The van der Waals surface area contributed by atoms with E-state index in [-0.39, 0.29) is 5.69 Å². The number of hydrogen-bond acceptors (Lipinski definition) is 4. The summed E-state index contributed by atoms with van der Waals surface area (Å²) in [6, 6.07) is 0. The Bertz CT molecular complexity index is 476. The fraction of sp³-hybridized carbons (Fsp3) is 0.786. The van der Waals surface area contributed by atoms with Crippen LogP contribution in [0.4, 0.5) is 0 Å². The van der Waals surface area contributed by atoms with Crippen molar-refractivity contribution in [3.8, 4) is 0 Å². The topological polar surface area (TPSA) is 88.2 Å². The highest BCUT2D eigenvalue weighted by molar-refractivity contribution is 5.86. The van der Waals surface area contributed by atoms with Gasteiger partial charge in [0.2, 0.25) is 0 Å². The van der Waals surface area contributed by atoms with Crippen LogP contribution < -0.4 is 0 Å². The molecule has 1 aliphatic carbocycles. The largest absolute Gasteiger partial charge is 0.476 e. The highest BCUT2D eigenvalue weighted by Crippen LogP contribution is 2.30. The Morgan fingerprint density at radius 1 is 1.35 bits per heavy atom. The minimum Gasteiger partial charge on any atom is -0.476 e. The maximum Gasteiger partial charge on any atom is 0.358 e. The van der Waals surface area contributed by atoms with E-state index < -0.39 is 11.6 Å². The maximum atomic E-state index is 11.2. The van der Waals surface area contributed by atoms with Crippen LogP contribution in [-0.2, 0) is 13.0 Å². The van der Waals surface area contributed by atoms with Crippen LogP contribution in [0.3, 0.4) is 0 Å². The van der Waals surface area contributed by atoms with E-state index in [2.05, 4.69) is 10.3 Å². The molecule has 6 heteroatoms. The number of carbonyl (C=O) groups is 1. The van der Waals surface area contributed by atoms with Gasteiger partial charge in [0.15, 0.2) is 5.69 Å². The average molecular weight is 281 g/mol. The van der Waals surface area contributed by atoms with Gasteiger partial charge in [-0.1, -0.05) is 38.3 Å². The Hall–Kier alpha value is -1.43. The molecule has 0 radical (unpaired) electrons. The van der Waals surface area contributed by atoms with E-state index >= 15 is 0 Å². The van der Waals surface area contributed by atoms with Crippen molar-refractivity contribution in [2.24, 2.45) is 5.92 Å². The van der Waals surface area contributed by atoms with Gasteiger partial charge in [0.05, 0.1) is 17.8 Å². The molecule has 0 unspecified atom stereocenters. The van der Waals surface area contributed by atoms with Crippen molar-refractivity contribution >= 4 is 5.97 Å². The second kappa shape index (κ2) is 5.91. The number of rotatable bonds is 5. The van der Waals surface area contributed by atoms with E-state index in [1.165, 1.54) is 0 Å². The first kappa shape index (κ1) is 15.0. The number of aromatic carboxylic acids is 1. The molecule has 1 saturated carbocycles. The summed E-state index contributed by atoms with van der Waals surface area (Å²) in [6.07, 6.45) is 5.27. The van der Waals surface area contributed by atoms with Crippen LogP contribution in [0.15, 0.2) is 0 Å². The predicted octanol–water partition coefficient (Wildman–Crippen LogP) is 1.87. The Kier molecular flexibility index (Phi) is 4.42. The summed E-state index contributed by atoms with van der Waals surface area (Å²) in [7, 11) is 0. The van der Waals surface area contributed by atoms with E-state index in [0.29, 0.717) is 24.6 Å². The first-order chi connectivity index (χ1) is 9.41. The fourth-order valence-electron chi connectivity index (χ4n) is 2.86. The van der Waals surface area contributed by atoms with Crippen molar-refractivity contribution in [2.45, 2.75) is 64.5 Å². The molecule has 0 atom stereocenters. The third-order valence-corrected chi connectivity index (χ3v) is 3.87. The van der Waals surface area contributed by atoms with Gasteiger partial charge in [-0.15, -0.1) is 5.10 Å². The molecule has 1 fully saturated rings. The predicted molar refractivity (Wildman–Crippen MR) is 73.6 cm³/mol. The second-order valence-corrected chi connectivity index (χ2v) is 6.23. The van der Waals surface area contributed by atoms with Crippen molar-refractivity contribution in [3.63, 3.8) is 0 Å². The van der Waals surface area contributed by atoms with Crippen molar-refractivity contribution in [3.05, 3.63) is 11.4 Å². The Balaban J connectivity index is 2.24. The first-order valence-corrected chi connectivity index (χ1v) is 7.29. The fourth-order valence-corrected chi connectivity index (χ4v) is 2.86. The molecule has 1 aliphatic rings. The van der Waals surface area contributed by atoms with Gasteiger partial charge in [-0.25, -0.2) is 9.48 Å². The molecule has 0 aliphatic heterocycles. The molecular formula is C14H23N3O3. The standard InChI is InChI=1S/C14H23N3O3/c1-10(2)8-11-12(13(18)19)15-16-17(11)9-14(20)6-4-3-5-7-14/h10,20H,3-9H2,1-2H3,(H,18,19). The summed E-state index contributed by atoms with van der Waals surface area (Å²) < 4.78 is 1.59. The highest BCUT2D eigenvalue weighted by atomic mass is 16.4. The number of carboxylic acid groups (broad SMARTS) is 1. The normalized spacial score (nSPS) is 18.4. The summed E-state index contributed by atoms with van der Waals surface area (Å²) in [4.78, 5) is 11.2. The summed E-state index contributed by atoms with van der Waals surface area (Å²) in [5.41, 5.74) is -0.141. The van der Waals surface area contributed by atoms with Crippen molar-refractivity contribution in [1.82, 2.24) is 15.0 Å². The van der Waals surface area contributed by atoms with Gasteiger partial charge in [-0.3, -0.25) is 0 Å². The monoisotopic (exact) mass is 281 g/mol. The molecule has 2 rings (SSSR count). The molecule has 6 nitrogen and oxygen atoms in total. The quantitative estimate of drug-likeness (QED) is 0.860. The minimum atomic E-state index is -1.05. The minimum absolute atomic E-state index is 0.0121. The van der Waals surface area contributed by atoms with Crippen molar-refractivity contribution in [1.29, 1.82) is 0 Å². The van der Waals surface area contributed by atoms with Gasteiger partial charge in [0, 0.05) is 0 Å². The van der Waals surface area contributed by atoms with Crippen LogP contribution in [0.25, 0.3) is 0 Å². The van der Waals surface area contributed by atoms with E-state index in [1.807, 2.05) is 13.8 Å². The SMILES string of the molecule is CC(C)Cc1c(C(=O)O)nnn1CC1(O)CCCCC1.